The Hall–Kier alpha value is -2.48. The second-order valence-electron chi connectivity index (χ2n) is 4.54. The topological polar surface area (TPSA) is 75.6 Å². The van der Waals surface area contributed by atoms with Gasteiger partial charge in [0.05, 0.1) is 12.5 Å². The summed E-state index contributed by atoms with van der Waals surface area (Å²) in [5.74, 6) is -1.59. The summed E-state index contributed by atoms with van der Waals surface area (Å²) in [5.41, 5.74) is 0.221. The monoisotopic (exact) mass is 341 g/mol. The van der Waals surface area contributed by atoms with E-state index in [0.29, 0.717) is 0 Å². The molecule has 1 heterocycles. The van der Waals surface area contributed by atoms with Crippen LogP contribution in [0.2, 0.25) is 0 Å². The van der Waals surface area contributed by atoms with Crippen molar-refractivity contribution in [2.24, 2.45) is 0 Å². The van der Waals surface area contributed by atoms with Crippen LogP contribution in [0.15, 0.2) is 41.8 Å². The molecule has 0 saturated carbocycles. The number of rotatable bonds is 7. The summed E-state index contributed by atoms with van der Waals surface area (Å²) in [5, 5.41) is 13.4. The van der Waals surface area contributed by atoms with Gasteiger partial charge in [0.15, 0.2) is 0 Å². The lowest BCUT2D eigenvalue weighted by molar-refractivity contribution is -0.137. The molecule has 2 rings (SSSR count). The summed E-state index contributed by atoms with van der Waals surface area (Å²) >= 11 is 1.34. The number of carboxylic acids is 1. The second kappa shape index (κ2) is 7.68. The van der Waals surface area contributed by atoms with Crippen molar-refractivity contribution >= 4 is 23.2 Å². The Morgan fingerprint density at radius 2 is 1.91 bits per heavy atom. The Bertz CT molecular complexity index is 659. The summed E-state index contributed by atoms with van der Waals surface area (Å²) in [7, 11) is 0. The summed E-state index contributed by atoms with van der Waals surface area (Å²) in [6.45, 7) is -2.94. The quantitative estimate of drug-likeness (QED) is 0.810. The number of carbonyl (C=O) groups excluding carboxylic acids is 1. The molecule has 0 saturated heterocycles. The molecular weight excluding hydrogens is 328 g/mol. The van der Waals surface area contributed by atoms with E-state index >= 15 is 0 Å². The van der Waals surface area contributed by atoms with Gasteiger partial charge in [-0.05, 0) is 35.7 Å². The molecule has 0 aliphatic rings. The maximum Gasteiger partial charge on any atom is 0.387 e. The fourth-order valence-corrected chi connectivity index (χ4v) is 2.69. The molecule has 0 spiro atoms. The number of nitrogens with one attached hydrogen (secondary N) is 1. The van der Waals surface area contributed by atoms with Crippen LogP contribution in [0, 0.1) is 0 Å². The Kier molecular flexibility index (Phi) is 5.64. The van der Waals surface area contributed by atoms with Crippen LogP contribution >= 0.6 is 11.3 Å². The van der Waals surface area contributed by atoms with Crippen LogP contribution in [0.5, 0.6) is 5.75 Å². The fraction of sp³-hybridized carbons (Fsp3) is 0.200. The Morgan fingerprint density at radius 1 is 1.22 bits per heavy atom. The number of benzene rings is 1. The van der Waals surface area contributed by atoms with E-state index in [1.165, 1.54) is 35.6 Å². The molecular formula is C15H13F2NO4S. The zero-order valence-corrected chi connectivity index (χ0v) is 12.6. The molecule has 1 amide bonds. The first-order valence-corrected chi connectivity index (χ1v) is 7.44. The number of hydrogen-bond donors (Lipinski definition) is 2. The van der Waals surface area contributed by atoms with Gasteiger partial charge in [-0.2, -0.15) is 8.78 Å². The van der Waals surface area contributed by atoms with Gasteiger partial charge in [-0.3, -0.25) is 9.59 Å². The minimum Gasteiger partial charge on any atom is -0.481 e. The van der Waals surface area contributed by atoms with E-state index in [1.54, 1.807) is 17.5 Å². The Morgan fingerprint density at radius 3 is 2.43 bits per heavy atom. The maximum atomic E-state index is 12.2. The molecule has 0 bridgehead atoms. The number of aliphatic carboxylic acids is 1. The van der Waals surface area contributed by atoms with Gasteiger partial charge in [-0.1, -0.05) is 6.07 Å². The predicted molar refractivity (Wildman–Crippen MR) is 79.9 cm³/mol. The number of alkyl halides is 2. The molecule has 1 atom stereocenters. The van der Waals surface area contributed by atoms with Crippen LogP contribution in [0.3, 0.4) is 0 Å². The second-order valence-corrected chi connectivity index (χ2v) is 5.52. The minimum atomic E-state index is -2.94. The van der Waals surface area contributed by atoms with Gasteiger partial charge in [-0.25, -0.2) is 0 Å². The molecule has 1 unspecified atom stereocenters. The average Bonchev–Trinajstić information content (AvgIpc) is 3.00. The predicted octanol–water partition coefficient (Wildman–Crippen LogP) is 3.30. The van der Waals surface area contributed by atoms with Gasteiger partial charge in [0.2, 0.25) is 0 Å². The van der Waals surface area contributed by atoms with Crippen molar-refractivity contribution in [2.45, 2.75) is 19.1 Å². The van der Waals surface area contributed by atoms with E-state index in [-0.39, 0.29) is 17.7 Å². The first-order chi connectivity index (χ1) is 11.0. The molecule has 0 aliphatic heterocycles. The van der Waals surface area contributed by atoms with E-state index < -0.39 is 24.5 Å². The van der Waals surface area contributed by atoms with Crippen molar-refractivity contribution in [3.63, 3.8) is 0 Å². The molecule has 0 radical (unpaired) electrons. The van der Waals surface area contributed by atoms with Crippen molar-refractivity contribution in [2.75, 3.05) is 0 Å². The van der Waals surface area contributed by atoms with Crippen molar-refractivity contribution in [1.29, 1.82) is 0 Å². The number of thiophene rings is 1. The third-order valence-electron chi connectivity index (χ3n) is 2.91. The number of carbonyl (C=O) groups is 2. The van der Waals surface area contributed by atoms with Crippen molar-refractivity contribution in [3.8, 4) is 5.75 Å². The van der Waals surface area contributed by atoms with Crippen LogP contribution in [-0.4, -0.2) is 23.6 Å². The van der Waals surface area contributed by atoms with E-state index in [1.807, 2.05) is 0 Å². The van der Waals surface area contributed by atoms with Gasteiger partial charge in [0.1, 0.15) is 5.75 Å². The molecule has 0 fully saturated rings. The van der Waals surface area contributed by atoms with Crippen LogP contribution < -0.4 is 10.1 Å². The molecule has 1 aromatic heterocycles. The molecule has 0 aliphatic carbocycles. The number of ether oxygens (including phenoxy) is 1. The number of amides is 1. The fourth-order valence-electron chi connectivity index (χ4n) is 1.92. The van der Waals surface area contributed by atoms with Gasteiger partial charge < -0.3 is 15.2 Å². The van der Waals surface area contributed by atoms with Crippen molar-refractivity contribution in [3.05, 3.63) is 52.2 Å². The lowest BCUT2D eigenvalue weighted by atomic mass is 10.1. The highest BCUT2D eigenvalue weighted by molar-refractivity contribution is 7.10. The minimum absolute atomic E-state index is 0.0584. The van der Waals surface area contributed by atoms with E-state index in [0.717, 1.165) is 4.88 Å². The van der Waals surface area contributed by atoms with E-state index in [4.69, 9.17) is 5.11 Å². The highest BCUT2D eigenvalue weighted by Gasteiger charge is 2.19. The largest absolute Gasteiger partial charge is 0.481 e. The van der Waals surface area contributed by atoms with Crippen LogP contribution in [0.4, 0.5) is 8.78 Å². The van der Waals surface area contributed by atoms with Crippen molar-refractivity contribution < 1.29 is 28.2 Å². The third kappa shape index (κ3) is 5.03. The number of hydrogen-bond acceptors (Lipinski definition) is 4. The average molecular weight is 341 g/mol. The maximum absolute atomic E-state index is 12.2. The van der Waals surface area contributed by atoms with Crippen LogP contribution in [-0.2, 0) is 4.79 Å². The van der Waals surface area contributed by atoms with E-state index in [2.05, 4.69) is 10.1 Å². The summed E-state index contributed by atoms with van der Waals surface area (Å²) in [6, 6.07) is 8.00. The molecule has 23 heavy (non-hydrogen) atoms. The number of carboxylic acid groups (broad SMARTS) is 1. The normalized spacial score (nSPS) is 12.0. The van der Waals surface area contributed by atoms with Gasteiger partial charge in [0, 0.05) is 10.4 Å². The third-order valence-corrected chi connectivity index (χ3v) is 3.90. The molecule has 122 valence electrons. The Labute approximate surface area is 134 Å². The smallest absolute Gasteiger partial charge is 0.387 e. The summed E-state index contributed by atoms with van der Waals surface area (Å²) < 4.78 is 28.3. The molecule has 8 heteroatoms. The van der Waals surface area contributed by atoms with Crippen molar-refractivity contribution in [1.82, 2.24) is 5.32 Å². The van der Waals surface area contributed by atoms with Crippen LogP contribution in [0.1, 0.15) is 27.7 Å². The summed E-state index contributed by atoms with van der Waals surface area (Å²) in [6.07, 6.45) is -0.251. The standard InChI is InChI=1S/C15H13F2NO4S/c16-15(17)22-10-5-3-9(4-6-10)14(21)18-11(8-13(19)20)12-2-1-7-23-12/h1-7,11,15H,8H2,(H,18,21)(H,19,20). The highest BCUT2D eigenvalue weighted by Crippen LogP contribution is 2.23. The Balaban J connectivity index is 2.07. The highest BCUT2D eigenvalue weighted by atomic mass is 32.1. The first kappa shape index (κ1) is 16.9. The zero-order valence-electron chi connectivity index (χ0n) is 11.7. The molecule has 1 aromatic carbocycles. The lowest BCUT2D eigenvalue weighted by Gasteiger charge is -2.15. The SMILES string of the molecule is O=C(O)CC(NC(=O)c1ccc(OC(F)F)cc1)c1cccs1. The van der Waals surface area contributed by atoms with Crippen LogP contribution in [0.25, 0.3) is 0 Å². The summed E-state index contributed by atoms with van der Waals surface area (Å²) in [4.78, 5) is 23.8. The molecule has 2 N–H and O–H groups in total. The molecule has 5 nitrogen and oxygen atoms in total. The number of halogens is 2. The van der Waals surface area contributed by atoms with Gasteiger partial charge in [-0.15, -0.1) is 11.3 Å². The van der Waals surface area contributed by atoms with Gasteiger partial charge in [0.25, 0.3) is 5.91 Å². The van der Waals surface area contributed by atoms with Gasteiger partial charge >= 0.3 is 12.6 Å². The lowest BCUT2D eigenvalue weighted by Crippen LogP contribution is -2.29. The first-order valence-electron chi connectivity index (χ1n) is 6.56. The zero-order chi connectivity index (χ0) is 16.8. The molecule has 2 aromatic rings. The van der Waals surface area contributed by atoms with E-state index in [9.17, 15) is 18.4 Å².